The van der Waals surface area contributed by atoms with Crippen LogP contribution in [-0.2, 0) is 4.74 Å². The minimum atomic E-state index is -4.86. The molecule has 30 heavy (non-hydrogen) atoms. The Labute approximate surface area is 172 Å². The standard InChI is InChI=1S/C21H23F3N2O4/c1-20(2,3)30-19(27)26-11-16(12-26)28-18-10-14(13-5-4-6-15(25)9-13)7-8-17(18)29-21(22,23)24/h4-10,16H,11-12,25H2,1-3H3. The van der Waals surface area contributed by atoms with Gasteiger partial charge in [0.05, 0.1) is 13.1 Å². The summed E-state index contributed by atoms with van der Waals surface area (Å²) < 4.78 is 53.5. The maximum Gasteiger partial charge on any atom is 0.573 e. The molecule has 0 unspecified atom stereocenters. The molecule has 9 heteroatoms. The normalized spacial score (nSPS) is 14.8. The molecule has 1 heterocycles. The van der Waals surface area contributed by atoms with Crippen LogP contribution < -0.4 is 15.2 Å². The van der Waals surface area contributed by atoms with E-state index in [0.29, 0.717) is 11.3 Å². The summed E-state index contributed by atoms with van der Waals surface area (Å²) in [4.78, 5) is 13.4. The number of ether oxygens (including phenoxy) is 3. The lowest BCUT2D eigenvalue weighted by Crippen LogP contribution is -2.57. The van der Waals surface area contributed by atoms with Crippen LogP contribution in [0.4, 0.5) is 23.7 Å². The van der Waals surface area contributed by atoms with Crippen molar-refractivity contribution < 1.29 is 32.2 Å². The fraction of sp³-hybridized carbons (Fsp3) is 0.381. The first-order valence-electron chi connectivity index (χ1n) is 9.30. The summed E-state index contributed by atoms with van der Waals surface area (Å²) in [6.45, 7) is 5.65. The van der Waals surface area contributed by atoms with Crippen LogP contribution in [0, 0.1) is 0 Å². The first-order valence-corrected chi connectivity index (χ1v) is 9.30. The van der Waals surface area contributed by atoms with Crippen LogP contribution in [0.15, 0.2) is 42.5 Å². The van der Waals surface area contributed by atoms with Crippen LogP contribution in [0.2, 0.25) is 0 Å². The average molecular weight is 424 g/mol. The zero-order valence-corrected chi connectivity index (χ0v) is 16.8. The molecule has 0 radical (unpaired) electrons. The van der Waals surface area contributed by atoms with E-state index in [0.717, 1.165) is 5.56 Å². The Bertz CT molecular complexity index is 919. The van der Waals surface area contributed by atoms with Crippen LogP contribution in [0.25, 0.3) is 11.1 Å². The van der Waals surface area contributed by atoms with E-state index in [1.807, 2.05) is 0 Å². The monoisotopic (exact) mass is 424 g/mol. The van der Waals surface area contributed by atoms with Gasteiger partial charge in [0.2, 0.25) is 0 Å². The second kappa shape index (κ2) is 7.97. The second-order valence-electron chi connectivity index (χ2n) is 7.96. The van der Waals surface area contributed by atoms with Gasteiger partial charge in [-0.05, 0) is 56.2 Å². The number of halogens is 3. The Morgan fingerprint density at radius 1 is 1.03 bits per heavy atom. The number of alkyl halides is 3. The van der Waals surface area contributed by atoms with Crippen LogP contribution in [-0.4, -0.2) is 42.2 Å². The number of nitrogens with two attached hydrogens (primary N) is 1. The van der Waals surface area contributed by atoms with E-state index in [1.54, 1.807) is 45.0 Å². The molecule has 0 aromatic heterocycles. The minimum Gasteiger partial charge on any atom is -0.483 e. The molecule has 1 aliphatic rings. The zero-order chi connectivity index (χ0) is 22.1. The fourth-order valence-electron chi connectivity index (χ4n) is 2.87. The largest absolute Gasteiger partial charge is 0.573 e. The third kappa shape index (κ3) is 5.71. The van der Waals surface area contributed by atoms with E-state index < -0.39 is 29.9 Å². The maximum atomic E-state index is 12.8. The number of nitrogens with zero attached hydrogens (tertiary/aromatic N) is 1. The van der Waals surface area contributed by atoms with Gasteiger partial charge < -0.3 is 24.8 Å². The van der Waals surface area contributed by atoms with Gasteiger partial charge >= 0.3 is 12.5 Å². The number of anilines is 1. The first kappa shape index (κ1) is 21.6. The predicted molar refractivity (Wildman–Crippen MR) is 105 cm³/mol. The van der Waals surface area contributed by atoms with E-state index >= 15 is 0 Å². The number of carbonyl (C=O) groups is 1. The van der Waals surface area contributed by atoms with Crippen LogP contribution >= 0.6 is 0 Å². The Hall–Kier alpha value is -3.10. The van der Waals surface area contributed by atoms with Crippen molar-refractivity contribution in [3.8, 4) is 22.6 Å². The van der Waals surface area contributed by atoms with Crippen molar-refractivity contribution >= 4 is 11.8 Å². The molecule has 2 aromatic rings. The van der Waals surface area contributed by atoms with Gasteiger partial charge in [-0.15, -0.1) is 13.2 Å². The number of carbonyl (C=O) groups excluding carboxylic acids is 1. The lowest BCUT2D eigenvalue weighted by atomic mass is 10.0. The molecule has 0 atom stereocenters. The van der Waals surface area contributed by atoms with Crippen LogP contribution in [0.5, 0.6) is 11.5 Å². The predicted octanol–water partition coefficient (Wildman–Crippen LogP) is 4.83. The van der Waals surface area contributed by atoms with E-state index in [-0.39, 0.29) is 18.8 Å². The molecule has 1 aliphatic heterocycles. The van der Waals surface area contributed by atoms with Crippen molar-refractivity contribution in [1.82, 2.24) is 4.90 Å². The summed E-state index contributed by atoms with van der Waals surface area (Å²) >= 11 is 0. The molecule has 2 aromatic carbocycles. The molecule has 1 amide bonds. The van der Waals surface area contributed by atoms with Gasteiger partial charge in [-0.3, -0.25) is 0 Å². The Morgan fingerprint density at radius 2 is 1.70 bits per heavy atom. The Balaban J connectivity index is 1.76. The minimum absolute atomic E-state index is 0.0684. The van der Waals surface area contributed by atoms with Crippen molar-refractivity contribution in [2.75, 3.05) is 18.8 Å². The SMILES string of the molecule is CC(C)(C)OC(=O)N1CC(Oc2cc(-c3cccc(N)c3)ccc2OC(F)(F)F)C1. The van der Waals surface area contributed by atoms with Gasteiger partial charge in [0.1, 0.15) is 11.7 Å². The molecule has 2 N–H and O–H groups in total. The molecule has 3 rings (SSSR count). The van der Waals surface area contributed by atoms with Crippen molar-refractivity contribution in [2.45, 2.75) is 38.8 Å². The van der Waals surface area contributed by atoms with Crippen LogP contribution in [0.1, 0.15) is 20.8 Å². The van der Waals surface area contributed by atoms with E-state index in [1.165, 1.54) is 23.1 Å². The molecular formula is C21H23F3N2O4. The summed E-state index contributed by atoms with van der Waals surface area (Å²) in [7, 11) is 0. The smallest absolute Gasteiger partial charge is 0.483 e. The first-order chi connectivity index (χ1) is 13.9. The number of hydrogen-bond acceptors (Lipinski definition) is 5. The number of benzene rings is 2. The van der Waals surface area contributed by atoms with E-state index in [9.17, 15) is 18.0 Å². The highest BCUT2D eigenvalue weighted by Gasteiger charge is 2.37. The Morgan fingerprint density at radius 3 is 2.30 bits per heavy atom. The van der Waals surface area contributed by atoms with E-state index in [4.69, 9.17) is 15.2 Å². The highest BCUT2D eigenvalue weighted by atomic mass is 19.4. The van der Waals surface area contributed by atoms with Gasteiger partial charge in [-0.2, -0.15) is 0 Å². The summed E-state index contributed by atoms with van der Waals surface area (Å²) in [6.07, 6.45) is -5.84. The van der Waals surface area contributed by atoms with Crippen molar-refractivity contribution in [2.24, 2.45) is 0 Å². The summed E-state index contributed by atoms with van der Waals surface area (Å²) in [5.41, 5.74) is 7.03. The molecule has 0 bridgehead atoms. The number of rotatable bonds is 4. The Kier molecular flexibility index (Phi) is 5.74. The number of amides is 1. The summed E-state index contributed by atoms with van der Waals surface area (Å²) in [5.74, 6) is -0.521. The number of likely N-dealkylation sites (tertiary alicyclic amines) is 1. The fourth-order valence-corrected chi connectivity index (χ4v) is 2.87. The number of nitrogen functional groups attached to an aromatic ring is 1. The van der Waals surface area contributed by atoms with Crippen molar-refractivity contribution in [1.29, 1.82) is 0 Å². The second-order valence-corrected chi connectivity index (χ2v) is 7.96. The van der Waals surface area contributed by atoms with Crippen LogP contribution in [0.3, 0.4) is 0 Å². The summed E-state index contributed by atoms with van der Waals surface area (Å²) in [5, 5.41) is 0. The number of hydrogen-bond donors (Lipinski definition) is 1. The summed E-state index contributed by atoms with van der Waals surface area (Å²) in [6, 6.07) is 11.1. The third-order valence-electron chi connectivity index (χ3n) is 4.18. The topological polar surface area (TPSA) is 74.0 Å². The molecule has 0 spiro atoms. The van der Waals surface area contributed by atoms with Gasteiger partial charge in [-0.1, -0.05) is 18.2 Å². The molecule has 0 saturated carbocycles. The lowest BCUT2D eigenvalue weighted by molar-refractivity contribution is -0.275. The lowest BCUT2D eigenvalue weighted by Gasteiger charge is -2.39. The van der Waals surface area contributed by atoms with Gasteiger partial charge in [0.25, 0.3) is 0 Å². The quantitative estimate of drug-likeness (QED) is 0.712. The molecule has 6 nitrogen and oxygen atoms in total. The van der Waals surface area contributed by atoms with Crippen molar-refractivity contribution in [3.63, 3.8) is 0 Å². The third-order valence-corrected chi connectivity index (χ3v) is 4.18. The molecule has 1 fully saturated rings. The van der Waals surface area contributed by atoms with Gasteiger partial charge in [0.15, 0.2) is 11.5 Å². The average Bonchev–Trinajstić information content (AvgIpc) is 2.56. The molecule has 0 aliphatic carbocycles. The highest BCUT2D eigenvalue weighted by molar-refractivity contribution is 5.71. The van der Waals surface area contributed by atoms with E-state index in [2.05, 4.69) is 4.74 Å². The van der Waals surface area contributed by atoms with Gasteiger partial charge in [-0.25, -0.2) is 4.79 Å². The molecular weight excluding hydrogens is 401 g/mol. The maximum absolute atomic E-state index is 12.8. The molecule has 162 valence electrons. The van der Waals surface area contributed by atoms with Gasteiger partial charge in [0, 0.05) is 5.69 Å². The molecule has 1 saturated heterocycles. The highest BCUT2D eigenvalue weighted by Crippen LogP contribution is 2.37. The van der Waals surface area contributed by atoms with Crippen molar-refractivity contribution in [3.05, 3.63) is 42.5 Å². The zero-order valence-electron chi connectivity index (χ0n) is 16.8.